The van der Waals surface area contributed by atoms with E-state index in [2.05, 4.69) is 0 Å². The molecule has 0 saturated heterocycles. The van der Waals surface area contributed by atoms with Crippen molar-refractivity contribution in [2.24, 2.45) is 0 Å². The van der Waals surface area contributed by atoms with Gasteiger partial charge in [0.15, 0.2) is 23.0 Å². The fourth-order valence-corrected chi connectivity index (χ4v) is 2.75. The monoisotopic (exact) mass is 325 g/mol. The molecule has 5 heteroatoms. The zero-order chi connectivity index (χ0) is 17.3. The van der Waals surface area contributed by atoms with E-state index in [0.29, 0.717) is 17.2 Å². The number of nitrogens with two attached hydrogens (primary N) is 1. The zero-order valence-corrected chi connectivity index (χ0v) is 13.8. The van der Waals surface area contributed by atoms with E-state index in [4.69, 9.17) is 19.9 Å². The molecule has 3 N–H and O–H groups in total. The summed E-state index contributed by atoms with van der Waals surface area (Å²) < 4.78 is 15.8. The Labute approximate surface area is 140 Å². The first-order valence-corrected chi connectivity index (χ1v) is 7.40. The second-order valence-corrected chi connectivity index (χ2v) is 5.35. The van der Waals surface area contributed by atoms with Crippen molar-refractivity contribution in [3.63, 3.8) is 0 Å². The van der Waals surface area contributed by atoms with Crippen LogP contribution in [-0.2, 0) is 0 Å². The summed E-state index contributed by atoms with van der Waals surface area (Å²) >= 11 is 0. The molecule has 0 spiro atoms. The largest absolute Gasteiger partial charge is 0.503 e. The van der Waals surface area contributed by atoms with Crippen molar-refractivity contribution in [1.29, 1.82) is 0 Å². The van der Waals surface area contributed by atoms with Crippen LogP contribution in [0.3, 0.4) is 0 Å². The number of anilines is 1. The van der Waals surface area contributed by atoms with E-state index in [9.17, 15) is 5.11 Å². The molecule has 5 nitrogen and oxygen atoms in total. The number of methoxy groups -OCH3 is 3. The average molecular weight is 325 g/mol. The van der Waals surface area contributed by atoms with Crippen LogP contribution in [0.5, 0.6) is 23.0 Å². The molecule has 0 heterocycles. The minimum atomic E-state index is -0.0533. The molecule has 3 aromatic rings. The van der Waals surface area contributed by atoms with Crippen molar-refractivity contribution >= 4 is 16.5 Å². The van der Waals surface area contributed by atoms with Gasteiger partial charge in [0, 0.05) is 5.56 Å². The molecule has 3 aromatic carbocycles. The van der Waals surface area contributed by atoms with Gasteiger partial charge in [-0.05, 0) is 46.7 Å². The first kappa shape index (κ1) is 15.8. The van der Waals surface area contributed by atoms with Gasteiger partial charge in [0.25, 0.3) is 0 Å². The number of nitrogen functional groups attached to an aromatic ring is 1. The van der Waals surface area contributed by atoms with E-state index in [-0.39, 0.29) is 11.4 Å². The van der Waals surface area contributed by atoms with Crippen LogP contribution in [0.15, 0.2) is 42.5 Å². The Balaban J connectivity index is 2.16. The summed E-state index contributed by atoms with van der Waals surface area (Å²) in [5, 5.41) is 12.1. The molecule has 124 valence electrons. The van der Waals surface area contributed by atoms with Gasteiger partial charge in [0.05, 0.1) is 27.0 Å². The molecule has 24 heavy (non-hydrogen) atoms. The molecular formula is C19H19NO4. The predicted molar refractivity (Wildman–Crippen MR) is 95.1 cm³/mol. The van der Waals surface area contributed by atoms with Crippen molar-refractivity contribution in [1.82, 2.24) is 0 Å². The maximum Gasteiger partial charge on any atom is 0.181 e. The lowest BCUT2D eigenvalue weighted by Gasteiger charge is -2.13. The molecule has 0 aliphatic rings. The molecule has 0 amide bonds. The normalized spacial score (nSPS) is 10.6. The molecule has 0 aromatic heterocycles. The van der Waals surface area contributed by atoms with Crippen molar-refractivity contribution in [3.8, 4) is 34.1 Å². The maximum atomic E-state index is 10.1. The van der Waals surface area contributed by atoms with Crippen LogP contribution in [0.1, 0.15) is 0 Å². The third-order valence-corrected chi connectivity index (χ3v) is 4.05. The highest BCUT2D eigenvalue weighted by molar-refractivity contribution is 5.92. The number of phenols is 1. The molecule has 0 saturated carbocycles. The van der Waals surface area contributed by atoms with Gasteiger partial charge < -0.3 is 25.1 Å². The quantitative estimate of drug-likeness (QED) is 0.563. The van der Waals surface area contributed by atoms with Gasteiger partial charge in [-0.15, -0.1) is 0 Å². The SMILES string of the molecule is COc1cc2ccc(-c3ccc(OC)c(O)c3N)cc2cc1OC. The number of rotatable bonds is 4. The molecule has 0 unspecified atom stereocenters. The Morgan fingerprint density at radius 3 is 2.00 bits per heavy atom. The summed E-state index contributed by atoms with van der Waals surface area (Å²) in [6.45, 7) is 0. The average Bonchev–Trinajstić information content (AvgIpc) is 2.62. The summed E-state index contributed by atoms with van der Waals surface area (Å²) in [7, 11) is 4.70. The van der Waals surface area contributed by atoms with Crippen LogP contribution in [0, 0.1) is 0 Å². The Morgan fingerprint density at radius 2 is 1.38 bits per heavy atom. The number of hydrogen-bond acceptors (Lipinski definition) is 5. The molecule has 0 aliphatic heterocycles. The highest BCUT2D eigenvalue weighted by Crippen LogP contribution is 2.41. The first-order valence-electron chi connectivity index (χ1n) is 7.40. The lowest BCUT2D eigenvalue weighted by atomic mass is 9.99. The van der Waals surface area contributed by atoms with E-state index >= 15 is 0 Å². The van der Waals surface area contributed by atoms with Crippen molar-refractivity contribution < 1.29 is 19.3 Å². The van der Waals surface area contributed by atoms with E-state index in [1.807, 2.05) is 36.4 Å². The van der Waals surface area contributed by atoms with Crippen molar-refractivity contribution in [2.45, 2.75) is 0 Å². The second kappa shape index (κ2) is 6.20. The third-order valence-electron chi connectivity index (χ3n) is 4.05. The van der Waals surface area contributed by atoms with E-state index in [1.165, 1.54) is 7.11 Å². The van der Waals surface area contributed by atoms with Gasteiger partial charge >= 0.3 is 0 Å². The Morgan fingerprint density at radius 1 is 0.750 bits per heavy atom. The summed E-state index contributed by atoms with van der Waals surface area (Å²) in [5.74, 6) is 1.64. The van der Waals surface area contributed by atoms with E-state index in [0.717, 1.165) is 21.9 Å². The highest BCUT2D eigenvalue weighted by Gasteiger charge is 2.13. The Kier molecular flexibility index (Phi) is 4.08. The second-order valence-electron chi connectivity index (χ2n) is 5.35. The Bertz CT molecular complexity index is 905. The number of benzene rings is 3. The number of phenolic OH excluding ortho intramolecular Hbond substituents is 1. The lowest BCUT2D eigenvalue weighted by Crippen LogP contribution is -1.94. The van der Waals surface area contributed by atoms with Crippen molar-refractivity contribution in [3.05, 3.63) is 42.5 Å². The van der Waals surface area contributed by atoms with E-state index < -0.39 is 0 Å². The molecule has 0 bridgehead atoms. The summed E-state index contributed by atoms with van der Waals surface area (Å²) in [6.07, 6.45) is 0. The van der Waals surface area contributed by atoms with Gasteiger partial charge in [0.2, 0.25) is 0 Å². The van der Waals surface area contributed by atoms with Gasteiger partial charge in [-0.1, -0.05) is 12.1 Å². The van der Waals surface area contributed by atoms with Gasteiger partial charge in [-0.25, -0.2) is 0 Å². The molecule has 0 atom stereocenters. The Hall–Kier alpha value is -3.08. The summed E-state index contributed by atoms with van der Waals surface area (Å²) in [5.41, 5.74) is 7.98. The van der Waals surface area contributed by atoms with Crippen LogP contribution in [0.4, 0.5) is 5.69 Å². The number of ether oxygens (including phenoxy) is 3. The zero-order valence-electron chi connectivity index (χ0n) is 13.8. The topological polar surface area (TPSA) is 73.9 Å². The number of fused-ring (bicyclic) bond motifs is 1. The number of aromatic hydroxyl groups is 1. The standard InChI is InChI=1S/C19H19NO4/c1-22-15-7-6-14(18(20)19(15)21)12-5-4-11-9-16(23-2)17(24-3)10-13(11)8-12/h4-10,21H,20H2,1-3H3. The smallest absolute Gasteiger partial charge is 0.181 e. The minimum absolute atomic E-state index is 0.0533. The van der Waals surface area contributed by atoms with Crippen molar-refractivity contribution in [2.75, 3.05) is 27.1 Å². The maximum absolute atomic E-state index is 10.1. The predicted octanol–water partition coefficient (Wildman–Crippen LogP) is 3.82. The fraction of sp³-hybridized carbons (Fsp3) is 0.158. The molecule has 0 aliphatic carbocycles. The molecule has 0 fully saturated rings. The molecule has 0 radical (unpaired) electrons. The highest BCUT2D eigenvalue weighted by atomic mass is 16.5. The summed E-state index contributed by atoms with van der Waals surface area (Å²) in [6, 6.07) is 13.3. The number of hydrogen-bond donors (Lipinski definition) is 2. The first-order chi connectivity index (χ1) is 11.6. The lowest BCUT2D eigenvalue weighted by molar-refractivity contribution is 0.356. The van der Waals surface area contributed by atoms with Gasteiger partial charge in [0.1, 0.15) is 0 Å². The minimum Gasteiger partial charge on any atom is -0.503 e. The molecule has 3 rings (SSSR count). The van der Waals surface area contributed by atoms with Crippen LogP contribution in [-0.4, -0.2) is 26.4 Å². The van der Waals surface area contributed by atoms with Crippen LogP contribution in [0.2, 0.25) is 0 Å². The third kappa shape index (κ3) is 2.54. The van der Waals surface area contributed by atoms with Crippen LogP contribution >= 0.6 is 0 Å². The van der Waals surface area contributed by atoms with Crippen LogP contribution in [0.25, 0.3) is 21.9 Å². The van der Waals surface area contributed by atoms with Gasteiger partial charge in [-0.3, -0.25) is 0 Å². The summed E-state index contributed by atoms with van der Waals surface area (Å²) in [4.78, 5) is 0. The van der Waals surface area contributed by atoms with Gasteiger partial charge in [-0.2, -0.15) is 0 Å². The van der Waals surface area contributed by atoms with Crippen LogP contribution < -0.4 is 19.9 Å². The van der Waals surface area contributed by atoms with E-state index in [1.54, 1.807) is 20.3 Å². The molecular weight excluding hydrogens is 306 g/mol. The fourth-order valence-electron chi connectivity index (χ4n) is 2.75.